The van der Waals surface area contributed by atoms with Gasteiger partial charge in [0.05, 0.1) is 18.2 Å². The van der Waals surface area contributed by atoms with Crippen LogP contribution in [-0.4, -0.2) is 33.6 Å². The molecule has 0 fully saturated rings. The van der Waals surface area contributed by atoms with Crippen LogP contribution in [0.25, 0.3) is 0 Å². The lowest BCUT2D eigenvalue weighted by atomic mass is 9.95. The highest BCUT2D eigenvalue weighted by atomic mass is 32.2. The summed E-state index contributed by atoms with van der Waals surface area (Å²) in [7, 11) is 0. The second kappa shape index (κ2) is 13.6. The number of benzene rings is 3. The monoisotopic (exact) mass is 657 g/mol. The van der Waals surface area contributed by atoms with Gasteiger partial charge in [-0.15, -0.1) is 10.2 Å². The van der Waals surface area contributed by atoms with Gasteiger partial charge in [-0.3, -0.25) is 14.5 Å². The predicted octanol–water partition coefficient (Wildman–Crippen LogP) is 7.63. The standard InChI is InChI=1S/C34H28FN3O6S2/c1-3-42-27-17-23(12-16-25(27)43-18-21-7-5-4-6-8-21)29-28(30(39)26-15-9-20(2)44-26)31(40)32(41)38(29)33-36-37-34(46-33)45-19-22-10-13-24(35)14-11-22/h4-17,29,40H,3,18-19H2,1-2H3. The number of nitrogens with zero attached hydrogens (tertiary/aromatic N) is 3. The summed E-state index contributed by atoms with van der Waals surface area (Å²) < 4.78 is 31.5. The molecule has 6 rings (SSSR count). The molecule has 0 radical (unpaired) electrons. The summed E-state index contributed by atoms with van der Waals surface area (Å²) in [4.78, 5) is 28.7. The van der Waals surface area contributed by atoms with Gasteiger partial charge in [0.2, 0.25) is 10.9 Å². The SMILES string of the molecule is CCOc1cc(C2C(C(=O)c3ccc(C)o3)=C(O)C(=O)N2c2nnc(SCc3ccc(F)cc3)s2)ccc1OCc1ccccc1. The second-order valence-electron chi connectivity index (χ2n) is 10.3. The lowest BCUT2D eigenvalue weighted by molar-refractivity contribution is -0.117. The topological polar surface area (TPSA) is 115 Å². The van der Waals surface area contributed by atoms with Crippen LogP contribution < -0.4 is 14.4 Å². The van der Waals surface area contributed by atoms with Gasteiger partial charge in [0.15, 0.2) is 27.4 Å². The molecule has 5 aromatic rings. The molecule has 0 saturated heterocycles. The van der Waals surface area contributed by atoms with Crippen LogP contribution in [0.5, 0.6) is 11.5 Å². The molecule has 2 aromatic heterocycles. The summed E-state index contributed by atoms with van der Waals surface area (Å²) in [6, 6.07) is 23.0. The van der Waals surface area contributed by atoms with Crippen molar-refractivity contribution in [1.82, 2.24) is 10.2 Å². The maximum Gasteiger partial charge on any atom is 0.296 e. The van der Waals surface area contributed by atoms with Crippen molar-refractivity contribution in [2.24, 2.45) is 0 Å². The smallest absolute Gasteiger partial charge is 0.296 e. The highest BCUT2D eigenvalue weighted by Crippen LogP contribution is 2.45. The predicted molar refractivity (Wildman–Crippen MR) is 172 cm³/mol. The Morgan fingerprint density at radius 1 is 1.00 bits per heavy atom. The minimum absolute atomic E-state index is 0.0145. The number of ketones is 1. The van der Waals surface area contributed by atoms with Gasteiger partial charge in [-0.05, 0) is 66.9 Å². The molecule has 0 aliphatic carbocycles. The molecule has 1 aliphatic rings. The molecule has 1 aliphatic heterocycles. The number of Topliss-reactive ketones (excluding diaryl/α,β-unsaturated/α-hetero) is 1. The van der Waals surface area contributed by atoms with E-state index in [0.29, 0.717) is 46.1 Å². The molecule has 0 saturated carbocycles. The van der Waals surface area contributed by atoms with E-state index in [4.69, 9.17) is 13.9 Å². The van der Waals surface area contributed by atoms with Crippen molar-refractivity contribution in [3.8, 4) is 11.5 Å². The van der Waals surface area contributed by atoms with Crippen LogP contribution in [0.1, 0.15) is 46.0 Å². The average molecular weight is 658 g/mol. The second-order valence-corrected chi connectivity index (χ2v) is 12.4. The molecular weight excluding hydrogens is 630 g/mol. The minimum atomic E-state index is -1.07. The van der Waals surface area contributed by atoms with E-state index in [0.717, 1.165) is 22.5 Å². The van der Waals surface area contributed by atoms with E-state index in [2.05, 4.69) is 10.2 Å². The number of hydrogen-bond donors (Lipinski definition) is 1. The van der Waals surface area contributed by atoms with Gasteiger partial charge in [-0.25, -0.2) is 4.39 Å². The van der Waals surface area contributed by atoms with E-state index >= 15 is 0 Å². The van der Waals surface area contributed by atoms with Crippen LogP contribution in [0.3, 0.4) is 0 Å². The van der Waals surface area contributed by atoms with Gasteiger partial charge in [0.1, 0.15) is 18.2 Å². The Labute approximate surface area is 272 Å². The maximum atomic E-state index is 13.8. The number of aliphatic hydroxyl groups excluding tert-OH is 1. The van der Waals surface area contributed by atoms with Crippen molar-refractivity contribution in [2.45, 2.75) is 36.6 Å². The van der Waals surface area contributed by atoms with Gasteiger partial charge in [-0.1, -0.05) is 71.6 Å². The summed E-state index contributed by atoms with van der Waals surface area (Å²) in [6.45, 7) is 4.18. The Bertz CT molecular complexity index is 1910. The van der Waals surface area contributed by atoms with Gasteiger partial charge in [-0.2, -0.15) is 0 Å². The van der Waals surface area contributed by atoms with E-state index in [1.54, 1.807) is 43.3 Å². The number of aromatic nitrogens is 2. The van der Waals surface area contributed by atoms with Crippen molar-refractivity contribution in [1.29, 1.82) is 0 Å². The van der Waals surface area contributed by atoms with Crippen molar-refractivity contribution < 1.29 is 33.0 Å². The number of aryl methyl sites for hydroxylation is 1. The molecule has 46 heavy (non-hydrogen) atoms. The van der Waals surface area contributed by atoms with E-state index in [1.807, 2.05) is 37.3 Å². The zero-order valence-electron chi connectivity index (χ0n) is 24.8. The fourth-order valence-electron chi connectivity index (χ4n) is 4.94. The first-order valence-electron chi connectivity index (χ1n) is 14.3. The number of ether oxygens (including phenoxy) is 2. The first-order valence-corrected chi connectivity index (χ1v) is 16.1. The van der Waals surface area contributed by atoms with Gasteiger partial charge in [0, 0.05) is 5.75 Å². The number of thioether (sulfide) groups is 1. The number of carbonyl (C=O) groups is 2. The molecule has 9 nitrogen and oxygen atoms in total. The van der Waals surface area contributed by atoms with Crippen LogP contribution in [0.2, 0.25) is 0 Å². The van der Waals surface area contributed by atoms with Crippen molar-refractivity contribution >= 4 is 39.9 Å². The number of halogens is 1. The Morgan fingerprint density at radius 3 is 2.50 bits per heavy atom. The lowest BCUT2D eigenvalue weighted by Crippen LogP contribution is -2.31. The molecule has 3 heterocycles. The fraction of sp³-hybridized carbons (Fsp3) is 0.176. The third kappa shape index (κ3) is 6.53. The normalized spacial score (nSPS) is 14.6. The molecule has 234 valence electrons. The highest BCUT2D eigenvalue weighted by molar-refractivity contribution is 8.00. The number of aliphatic hydroxyl groups is 1. The molecule has 0 spiro atoms. The van der Waals surface area contributed by atoms with Crippen molar-refractivity contribution in [3.63, 3.8) is 0 Å². The molecule has 12 heteroatoms. The Hall–Kier alpha value is -4.94. The highest BCUT2D eigenvalue weighted by Gasteiger charge is 2.47. The van der Waals surface area contributed by atoms with Crippen LogP contribution in [0.15, 0.2) is 105 Å². The van der Waals surface area contributed by atoms with Gasteiger partial charge in [0.25, 0.3) is 5.91 Å². The number of hydrogen-bond acceptors (Lipinski definition) is 10. The average Bonchev–Trinajstić information content (AvgIpc) is 3.78. The number of furan rings is 1. The molecule has 1 unspecified atom stereocenters. The summed E-state index contributed by atoms with van der Waals surface area (Å²) in [5.41, 5.74) is 2.18. The summed E-state index contributed by atoms with van der Waals surface area (Å²) >= 11 is 2.51. The van der Waals surface area contributed by atoms with E-state index in [-0.39, 0.29) is 22.3 Å². The third-order valence-corrected chi connectivity index (χ3v) is 9.24. The Morgan fingerprint density at radius 2 is 1.78 bits per heavy atom. The fourth-order valence-corrected chi connectivity index (χ4v) is 6.76. The summed E-state index contributed by atoms with van der Waals surface area (Å²) in [5.74, 6) is -0.593. The molecular formula is C34H28FN3O6S2. The maximum absolute atomic E-state index is 13.8. The Kier molecular flexibility index (Phi) is 9.18. The first-order chi connectivity index (χ1) is 22.3. The number of anilines is 1. The largest absolute Gasteiger partial charge is 0.503 e. The third-order valence-electron chi connectivity index (χ3n) is 7.11. The molecule has 1 N–H and O–H groups in total. The molecule has 3 aromatic carbocycles. The van der Waals surface area contributed by atoms with E-state index < -0.39 is 23.5 Å². The zero-order valence-corrected chi connectivity index (χ0v) is 26.4. The molecule has 1 amide bonds. The van der Waals surface area contributed by atoms with Crippen LogP contribution >= 0.6 is 23.1 Å². The molecule has 1 atom stereocenters. The van der Waals surface area contributed by atoms with E-state index in [9.17, 15) is 19.1 Å². The van der Waals surface area contributed by atoms with Crippen LogP contribution in [0.4, 0.5) is 9.52 Å². The summed E-state index contributed by atoms with van der Waals surface area (Å²) in [6.07, 6.45) is 0. The van der Waals surface area contributed by atoms with Crippen molar-refractivity contribution in [3.05, 3.63) is 130 Å². The van der Waals surface area contributed by atoms with Crippen molar-refractivity contribution in [2.75, 3.05) is 11.5 Å². The zero-order chi connectivity index (χ0) is 32.2. The molecule has 0 bridgehead atoms. The van der Waals surface area contributed by atoms with Crippen LogP contribution in [0, 0.1) is 12.7 Å². The minimum Gasteiger partial charge on any atom is -0.503 e. The van der Waals surface area contributed by atoms with E-state index in [1.165, 1.54) is 34.9 Å². The number of carbonyl (C=O) groups excluding carboxylic acids is 2. The lowest BCUT2D eigenvalue weighted by Gasteiger charge is -2.25. The first kappa shape index (κ1) is 31.1. The van der Waals surface area contributed by atoms with Crippen LogP contribution in [-0.2, 0) is 17.2 Å². The van der Waals surface area contributed by atoms with Gasteiger partial charge < -0.3 is 19.0 Å². The van der Waals surface area contributed by atoms with Gasteiger partial charge >= 0.3 is 0 Å². The number of rotatable bonds is 12. The Balaban J connectivity index is 1.35. The quantitative estimate of drug-likeness (QED) is 0.0821. The summed E-state index contributed by atoms with van der Waals surface area (Å²) in [5, 5.41) is 19.9. The number of amides is 1.